The fourth-order valence-corrected chi connectivity index (χ4v) is 1.08. The normalized spacial score (nSPS) is 12.1. The fourth-order valence-electron chi connectivity index (χ4n) is 0.965. The number of hydrogen-bond acceptors (Lipinski definition) is 4. The summed E-state index contributed by atoms with van der Waals surface area (Å²) in [5.74, 6) is 0.123. The number of hydrogen-bond donors (Lipinski definition) is 3. The lowest BCUT2D eigenvalue weighted by Gasteiger charge is -2.09. The van der Waals surface area contributed by atoms with Crippen molar-refractivity contribution in [3.63, 3.8) is 0 Å². The van der Waals surface area contributed by atoms with Crippen LogP contribution in [0.25, 0.3) is 0 Å². The van der Waals surface area contributed by atoms with Crippen LogP contribution in [0.2, 0.25) is 0 Å². The van der Waals surface area contributed by atoms with Crippen molar-refractivity contribution < 1.29 is 9.90 Å². The van der Waals surface area contributed by atoms with E-state index in [1.165, 1.54) is 6.20 Å². The minimum Gasteiger partial charge on any atom is -0.378 e. The van der Waals surface area contributed by atoms with Gasteiger partial charge in [-0.3, -0.25) is 9.78 Å². The van der Waals surface area contributed by atoms with Crippen molar-refractivity contribution in [3.05, 3.63) is 30.1 Å². The number of rotatable bonds is 4. The van der Waals surface area contributed by atoms with E-state index in [1.54, 1.807) is 18.3 Å². The summed E-state index contributed by atoms with van der Waals surface area (Å²) in [4.78, 5) is 15.1. The Kier molecular flexibility index (Phi) is 4.42. The molecule has 1 amide bonds. The van der Waals surface area contributed by atoms with Crippen LogP contribution in [-0.2, 0) is 4.79 Å². The van der Waals surface area contributed by atoms with Crippen LogP contribution in [0.1, 0.15) is 11.7 Å². The highest BCUT2D eigenvalue weighted by molar-refractivity contribution is 7.80. The van der Waals surface area contributed by atoms with Crippen LogP contribution in [-0.4, -0.2) is 28.3 Å². The Morgan fingerprint density at radius 2 is 2.50 bits per heavy atom. The number of aliphatic hydroxyl groups excluding tert-OH is 1. The van der Waals surface area contributed by atoms with Gasteiger partial charge in [0.2, 0.25) is 0 Å². The highest BCUT2D eigenvalue weighted by Crippen LogP contribution is 2.09. The molecule has 1 aromatic rings. The molecular weight excluding hydrogens is 200 g/mol. The van der Waals surface area contributed by atoms with E-state index in [0.29, 0.717) is 17.9 Å². The summed E-state index contributed by atoms with van der Waals surface area (Å²) in [6, 6.07) is 3.32. The van der Waals surface area contributed by atoms with Crippen molar-refractivity contribution in [2.45, 2.75) is 6.10 Å². The molecule has 1 heterocycles. The van der Waals surface area contributed by atoms with Crippen LogP contribution >= 0.6 is 12.6 Å². The molecule has 0 aromatic carbocycles. The van der Waals surface area contributed by atoms with E-state index in [4.69, 9.17) is 0 Å². The molecule has 2 N–H and O–H groups in total. The Morgan fingerprint density at radius 1 is 1.71 bits per heavy atom. The summed E-state index contributed by atoms with van der Waals surface area (Å²) in [5, 5.41) is 12.1. The van der Waals surface area contributed by atoms with Gasteiger partial charge < -0.3 is 10.4 Å². The van der Waals surface area contributed by atoms with E-state index >= 15 is 0 Å². The van der Waals surface area contributed by atoms with Crippen molar-refractivity contribution in [2.24, 2.45) is 0 Å². The molecule has 1 aromatic heterocycles. The zero-order valence-corrected chi connectivity index (χ0v) is 8.45. The van der Waals surface area contributed by atoms with Crippen LogP contribution in [0.3, 0.4) is 0 Å². The van der Waals surface area contributed by atoms with E-state index in [-0.39, 0.29) is 0 Å². The Balaban J connectivity index is 2.57. The molecular formula is C9H12N2O2S. The Morgan fingerprint density at radius 3 is 3.07 bits per heavy atom. The molecule has 0 radical (unpaired) electrons. The van der Waals surface area contributed by atoms with Crippen LogP contribution in [0.15, 0.2) is 24.5 Å². The van der Waals surface area contributed by atoms with Crippen molar-refractivity contribution in [2.75, 3.05) is 12.3 Å². The molecule has 1 rings (SSSR count). The number of aromatic nitrogens is 1. The van der Waals surface area contributed by atoms with Crippen LogP contribution in [0.5, 0.6) is 0 Å². The number of aliphatic hydroxyl groups is 1. The Bertz CT molecular complexity index is 292. The largest absolute Gasteiger partial charge is 0.378 e. The smallest absolute Gasteiger partial charge is 0.253 e. The minimum absolute atomic E-state index is 0.424. The standard InChI is InChI=1S/C9H12N2O2S/c12-8(9(13)11-4-5-14)7-2-1-3-10-6-7/h1-3,6,8,12,14H,4-5H2,(H,11,13). The zero-order chi connectivity index (χ0) is 10.4. The second kappa shape index (κ2) is 5.62. The van der Waals surface area contributed by atoms with Gasteiger partial charge in [-0.25, -0.2) is 0 Å². The van der Waals surface area contributed by atoms with Gasteiger partial charge in [-0.2, -0.15) is 12.6 Å². The quantitative estimate of drug-likeness (QED) is 0.623. The van der Waals surface area contributed by atoms with E-state index in [9.17, 15) is 9.90 Å². The maximum Gasteiger partial charge on any atom is 0.253 e. The average Bonchev–Trinajstić information content (AvgIpc) is 2.26. The molecule has 0 saturated heterocycles. The van der Waals surface area contributed by atoms with Gasteiger partial charge in [0, 0.05) is 30.3 Å². The van der Waals surface area contributed by atoms with E-state index < -0.39 is 12.0 Å². The van der Waals surface area contributed by atoms with Gasteiger partial charge in [0.25, 0.3) is 5.91 Å². The van der Waals surface area contributed by atoms with Crippen molar-refractivity contribution >= 4 is 18.5 Å². The first-order valence-corrected chi connectivity index (χ1v) is 4.85. The lowest BCUT2D eigenvalue weighted by atomic mass is 10.1. The lowest BCUT2D eigenvalue weighted by Crippen LogP contribution is -2.30. The maximum atomic E-state index is 11.3. The Labute approximate surface area is 87.8 Å². The second-order valence-corrected chi connectivity index (χ2v) is 3.15. The summed E-state index contributed by atoms with van der Waals surface area (Å²) in [5.41, 5.74) is 0.490. The molecule has 1 unspecified atom stereocenters. The monoisotopic (exact) mass is 212 g/mol. The van der Waals surface area contributed by atoms with Crippen molar-refractivity contribution in [1.29, 1.82) is 0 Å². The van der Waals surface area contributed by atoms with Crippen LogP contribution in [0.4, 0.5) is 0 Å². The summed E-state index contributed by atoms with van der Waals surface area (Å²) >= 11 is 3.94. The lowest BCUT2D eigenvalue weighted by molar-refractivity contribution is -0.129. The number of nitrogens with zero attached hydrogens (tertiary/aromatic N) is 1. The third kappa shape index (κ3) is 3.01. The van der Waals surface area contributed by atoms with Gasteiger partial charge in [-0.15, -0.1) is 0 Å². The average molecular weight is 212 g/mol. The number of nitrogens with one attached hydrogen (secondary N) is 1. The molecule has 4 nitrogen and oxygen atoms in total. The number of thiol groups is 1. The molecule has 0 fully saturated rings. The molecule has 0 aliphatic rings. The first-order chi connectivity index (χ1) is 6.75. The van der Waals surface area contributed by atoms with Gasteiger partial charge in [0.15, 0.2) is 6.10 Å². The predicted octanol–water partition coefficient (Wildman–Crippen LogP) is 0.161. The fraction of sp³-hybridized carbons (Fsp3) is 0.333. The SMILES string of the molecule is O=C(NCCS)C(O)c1cccnc1. The highest BCUT2D eigenvalue weighted by Gasteiger charge is 2.15. The topological polar surface area (TPSA) is 62.2 Å². The maximum absolute atomic E-state index is 11.3. The predicted molar refractivity (Wildman–Crippen MR) is 56.1 cm³/mol. The molecule has 0 aliphatic carbocycles. The van der Waals surface area contributed by atoms with Crippen molar-refractivity contribution in [3.8, 4) is 0 Å². The van der Waals surface area contributed by atoms with Crippen molar-refractivity contribution in [1.82, 2.24) is 10.3 Å². The molecule has 0 saturated carbocycles. The highest BCUT2D eigenvalue weighted by atomic mass is 32.1. The summed E-state index contributed by atoms with van der Waals surface area (Å²) in [6.07, 6.45) is 1.90. The first kappa shape index (κ1) is 11.0. The summed E-state index contributed by atoms with van der Waals surface area (Å²) in [7, 11) is 0. The van der Waals surface area contributed by atoms with Gasteiger partial charge in [0.1, 0.15) is 0 Å². The molecule has 0 aliphatic heterocycles. The Hall–Kier alpha value is -1.07. The van der Waals surface area contributed by atoms with Gasteiger partial charge in [-0.1, -0.05) is 6.07 Å². The molecule has 1 atom stereocenters. The molecule has 5 heteroatoms. The summed E-state index contributed by atoms with van der Waals surface area (Å²) < 4.78 is 0. The molecule has 0 bridgehead atoms. The number of carbonyl (C=O) groups excluding carboxylic acids is 1. The van der Waals surface area contributed by atoms with Gasteiger partial charge >= 0.3 is 0 Å². The van der Waals surface area contributed by atoms with E-state index in [1.807, 2.05) is 0 Å². The third-order valence-corrected chi connectivity index (χ3v) is 1.88. The zero-order valence-electron chi connectivity index (χ0n) is 7.55. The van der Waals surface area contributed by atoms with Crippen LogP contribution < -0.4 is 5.32 Å². The van der Waals surface area contributed by atoms with Gasteiger partial charge in [-0.05, 0) is 6.07 Å². The summed E-state index contributed by atoms with van der Waals surface area (Å²) in [6.45, 7) is 0.444. The second-order valence-electron chi connectivity index (χ2n) is 2.70. The molecule has 14 heavy (non-hydrogen) atoms. The van der Waals surface area contributed by atoms with Gasteiger partial charge in [0.05, 0.1) is 0 Å². The van der Waals surface area contributed by atoms with E-state index in [2.05, 4.69) is 22.9 Å². The number of carbonyl (C=O) groups is 1. The number of amides is 1. The minimum atomic E-state index is -1.15. The first-order valence-electron chi connectivity index (χ1n) is 4.22. The third-order valence-electron chi connectivity index (χ3n) is 1.66. The molecule has 0 spiro atoms. The van der Waals surface area contributed by atoms with E-state index in [0.717, 1.165) is 0 Å². The van der Waals surface area contributed by atoms with Crippen LogP contribution in [0, 0.1) is 0 Å². The number of pyridine rings is 1. The molecule has 76 valence electrons.